The van der Waals surface area contributed by atoms with Gasteiger partial charge in [-0.15, -0.1) is 0 Å². The molecule has 138 valence electrons. The predicted octanol–water partition coefficient (Wildman–Crippen LogP) is 2.71. The normalized spacial score (nSPS) is 11.9. The van der Waals surface area contributed by atoms with Crippen LogP contribution in [0.25, 0.3) is 10.9 Å². The summed E-state index contributed by atoms with van der Waals surface area (Å²) < 4.78 is 70.4. The van der Waals surface area contributed by atoms with Gasteiger partial charge >= 0.3 is 0 Å². The SMILES string of the molecule is COc1nc(NS(=O)(=O)c2c[nH]c3cc(F)ccc23)ncc1CC(F)F. The molecule has 0 aliphatic rings. The average molecular weight is 386 g/mol. The fourth-order valence-corrected chi connectivity index (χ4v) is 3.52. The number of aromatic amines is 1. The molecule has 0 unspecified atom stereocenters. The number of nitrogens with one attached hydrogen (secondary N) is 2. The topological polar surface area (TPSA) is 97.0 Å². The van der Waals surface area contributed by atoms with Crippen LogP contribution in [0.4, 0.5) is 19.1 Å². The van der Waals surface area contributed by atoms with Crippen molar-refractivity contribution in [3.05, 3.63) is 42.0 Å². The van der Waals surface area contributed by atoms with E-state index >= 15 is 0 Å². The zero-order chi connectivity index (χ0) is 18.9. The third-order valence-electron chi connectivity index (χ3n) is 3.51. The molecule has 2 heterocycles. The maximum Gasteiger partial charge on any atom is 0.266 e. The van der Waals surface area contributed by atoms with Crippen LogP contribution >= 0.6 is 0 Å². The molecule has 0 saturated carbocycles. The van der Waals surface area contributed by atoms with Crippen LogP contribution in [-0.2, 0) is 16.4 Å². The maximum absolute atomic E-state index is 13.2. The zero-order valence-electron chi connectivity index (χ0n) is 13.3. The Bertz CT molecular complexity index is 1050. The summed E-state index contributed by atoms with van der Waals surface area (Å²) in [7, 11) is -2.88. The molecule has 0 atom stereocenters. The van der Waals surface area contributed by atoms with E-state index in [1.807, 2.05) is 0 Å². The summed E-state index contributed by atoms with van der Waals surface area (Å²) in [6.45, 7) is 0. The first-order valence-corrected chi connectivity index (χ1v) is 8.76. The van der Waals surface area contributed by atoms with Gasteiger partial charge in [0, 0.05) is 35.3 Å². The number of aromatic nitrogens is 3. The van der Waals surface area contributed by atoms with Crippen molar-refractivity contribution in [1.29, 1.82) is 0 Å². The lowest BCUT2D eigenvalue weighted by Crippen LogP contribution is -2.15. The summed E-state index contributed by atoms with van der Waals surface area (Å²) in [4.78, 5) is 10.1. The molecular formula is C15H13F3N4O3S. The molecule has 2 aromatic heterocycles. The summed E-state index contributed by atoms with van der Waals surface area (Å²) in [5, 5.41) is 0.278. The Labute approximate surface area is 146 Å². The summed E-state index contributed by atoms with van der Waals surface area (Å²) in [5.74, 6) is -1.01. The van der Waals surface area contributed by atoms with Crippen LogP contribution in [0.1, 0.15) is 5.56 Å². The minimum atomic E-state index is -4.10. The molecule has 0 spiro atoms. The maximum atomic E-state index is 13.2. The number of sulfonamides is 1. The van der Waals surface area contributed by atoms with Gasteiger partial charge < -0.3 is 9.72 Å². The highest BCUT2D eigenvalue weighted by Crippen LogP contribution is 2.26. The van der Waals surface area contributed by atoms with Gasteiger partial charge in [0.1, 0.15) is 10.7 Å². The minimum Gasteiger partial charge on any atom is -0.481 e. The van der Waals surface area contributed by atoms with E-state index in [9.17, 15) is 21.6 Å². The second-order valence-electron chi connectivity index (χ2n) is 5.27. The first-order valence-electron chi connectivity index (χ1n) is 7.27. The molecule has 3 rings (SSSR count). The lowest BCUT2D eigenvalue weighted by molar-refractivity contribution is 0.147. The van der Waals surface area contributed by atoms with Crippen molar-refractivity contribution in [2.75, 3.05) is 11.8 Å². The van der Waals surface area contributed by atoms with E-state index in [0.717, 1.165) is 18.3 Å². The summed E-state index contributed by atoms with van der Waals surface area (Å²) >= 11 is 0. The second-order valence-corrected chi connectivity index (χ2v) is 6.92. The van der Waals surface area contributed by atoms with E-state index in [1.165, 1.54) is 19.4 Å². The highest BCUT2D eigenvalue weighted by molar-refractivity contribution is 7.93. The van der Waals surface area contributed by atoms with Crippen LogP contribution in [0.2, 0.25) is 0 Å². The minimum absolute atomic E-state index is 0.0491. The number of anilines is 1. The Hall–Kier alpha value is -2.82. The fourth-order valence-electron chi connectivity index (χ4n) is 2.39. The smallest absolute Gasteiger partial charge is 0.266 e. The van der Waals surface area contributed by atoms with Crippen molar-refractivity contribution in [2.45, 2.75) is 17.7 Å². The van der Waals surface area contributed by atoms with Gasteiger partial charge in [0.05, 0.1) is 7.11 Å². The molecule has 0 bridgehead atoms. The third-order valence-corrected chi connectivity index (χ3v) is 4.88. The number of ether oxygens (including phenoxy) is 1. The van der Waals surface area contributed by atoms with E-state index in [-0.39, 0.29) is 27.7 Å². The van der Waals surface area contributed by atoms with Crippen LogP contribution < -0.4 is 9.46 Å². The van der Waals surface area contributed by atoms with Crippen LogP contribution in [0.5, 0.6) is 5.88 Å². The summed E-state index contributed by atoms with van der Waals surface area (Å²) in [5.41, 5.74) is 0.351. The van der Waals surface area contributed by atoms with E-state index in [0.29, 0.717) is 5.52 Å². The Balaban J connectivity index is 1.94. The molecule has 0 aliphatic heterocycles. The first kappa shape index (κ1) is 18.0. The summed E-state index contributed by atoms with van der Waals surface area (Å²) in [6, 6.07) is 3.61. The zero-order valence-corrected chi connectivity index (χ0v) is 14.1. The Morgan fingerprint density at radius 1 is 1.35 bits per heavy atom. The highest BCUT2D eigenvalue weighted by atomic mass is 32.2. The number of methoxy groups -OCH3 is 1. The van der Waals surface area contributed by atoms with Gasteiger partial charge in [-0.25, -0.2) is 31.3 Å². The van der Waals surface area contributed by atoms with Gasteiger partial charge in [-0.05, 0) is 18.2 Å². The molecular weight excluding hydrogens is 373 g/mol. The average Bonchev–Trinajstić information content (AvgIpc) is 2.99. The quantitative estimate of drug-likeness (QED) is 0.679. The standard InChI is InChI=1S/C15H13F3N4O3S/c1-25-14-8(4-13(17)18)6-20-15(21-14)22-26(23,24)12-7-19-11-5-9(16)2-3-10(11)12/h2-3,5-7,13,19H,4H2,1H3,(H,20,21,22). The highest BCUT2D eigenvalue weighted by Gasteiger charge is 2.22. The molecule has 0 amide bonds. The first-order chi connectivity index (χ1) is 12.3. The fraction of sp³-hybridized carbons (Fsp3) is 0.200. The van der Waals surface area contributed by atoms with Crippen molar-refractivity contribution in [1.82, 2.24) is 15.0 Å². The van der Waals surface area contributed by atoms with Gasteiger partial charge in [-0.1, -0.05) is 0 Å². The number of H-pyrrole nitrogens is 1. The number of rotatable bonds is 6. The van der Waals surface area contributed by atoms with Crippen LogP contribution in [-0.4, -0.2) is 36.9 Å². The van der Waals surface area contributed by atoms with Crippen LogP contribution in [0, 0.1) is 5.82 Å². The Kier molecular flexibility index (Phi) is 4.72. The van der Waals surface area contributed by atoms with Crippen LogP contribution in [0.15, 0.2) is 35.5 Å². The molecule has 1 aromatic carbocycles. The van der Waals surface area contributed by atoms with E-state index < -0.39 is 28.7 Å². The largest absolute Gasteiger partial charge is 0.481 e. The molecule has 3 aromatic rings. The van der Waals surface area contributed by atoms with Crippen molar-refractivity contribution in [3.63, 3.8) is 0 Å². The molecule has 2 N–H and O–H groups in total. The lowest BCUT2D eigenvalue weighted by Gasteiger charge is -2.10. The molecule has 0 aliphatic carbocycles. The van der Waals surface area contributed by atoms with Crippen molar-refractivity contribution in [3.8, 4) is 5.88 Å². The van der Waals surface area contributed by atoms with E-state index in [1.54, 1.807) is 0 Å². The number of nitrogens with zero attached hydrogens (tertiary/aromatic N) is 2. The molecule has 7 nitrogen and oxygen atoms in total. The van der Waals surface area contributed by atoms with Gasteiger partial charge in [-0.2, -0.15) is 4.98 Å². The van der Waals surface area contributed by atoms with Crippen LogP contribution in [0.3, 0.4) is 0 Å². The molecule has 0 radical (unpaired) electrons. The number of halogens is 3. The van der Waals surface area contributed by atoms with Gasteiger partial charge in [0.15, 0.2) is 0 Å². The molecule has 26 heavy (non-hydrogen) atoms. The van der Waals surface area contributed by atoms with Crippen molar-refractivity contribution in [2.24, 2.45) is 0 Å². The third kappa shape index (κ3) is 3.57. The number of fused-ring (bicyclic) bond motifs is 1. The molecule has 0 fully saturated rings. The monoisotopic (exact) mass is 386 g/mol. The van der Waals surface area contributed by atoms with Gasteiger partial charge in [-0.3, -0.25) is 0 Å². The second kappa shape index (κ2) is 6.83. The number of benzene rings is 1. The lowest BCUT2D eigenvalue weighted by atomic mass is 10.2. The van der Waals surface area contributed by atoms with Gasteiger partial charge in [0.2, 0.25) is 18.3 Å². The van der Waals surface area contributed by atoms with Crippen molar-refractivity contribution < 1.29 is 26.3 Å². The van der Waals surface area contributed by atoms with Gasteiger partial charge in [0.25, 0.3) is 10.0 Å². The molecule has 11 heteroatoms. The number of hydrogen-bond acceptors (Lipinski definition) is 5. The number of hydrogen-bond donors (Lipinski definition) is 2. The predicted molar refractivity (Wildman–Crippen MR) is 87.4 cm³/mol. The van der Waals surface area contributed by atoms with E-state index in [2.05, 4.69) is 19.7 Å². The van der Waals surface area contributed by atoms with Crippen molar-refractivity contribution >= 4 is 26.9 Å². The molecule has 0 saturated heterocycles. The number of alkyl halides is 2. The summed E-state index contributed by atoms with van der Waals surface area (Å²) in [6.07, 6.45) is -0.971. The Morgan fingerprint density at radius 3 is 2.81 bits per heavy atom. The Morgan fingerprint density at radius 2 is 2.12 bits per heavy atom. The van der Waals surface area contributed by atoms with E-state index in [4.69, 9.17) is 4.74 Å².